The molecule has 3 rings (SSSR count). The van der Waals surface area contributed by atoms with Crippen molar-refractivity contribution in [1.29, 1.82) is 0 Å². The van der Waals surface area contributed by atoms with Crippen molar-refractivity contribution in [3.05, 3.63) is 53.1 Å². The van der Waals surface area contributed by atoms with E-state index in [2.05, 4.69) is 20.8 Å². The molecule has 1 amide bonds. The standard InChI is InChI=1S/C19H21ClN4O2/c1-11(13-6-4-7-14(10-13)26-3)21-12(2)19(25)22-18-15-8-5-9-16(20)17(15)23-24-18/h4-12,21H,1-3H3,(H2,22,23,24,25)/t11-,12+/m0/s1. The van der Waals surface area contributed by atoms with Crippen molar-refractivity contribution in [1.82, 2.24) is 15.5 Å². The molecule has 0 aliphatic rings. The number of fused-ring (bicyclic) bond motifs is 1. The van der Waals surface area contributed by atoms with Gasteiger partial charge in [0.1, 0.15) is 5.75 Å². The maximum absolute atomic E-state index is 12.5. The molecule has 26 heavy (non-hydrogen) atoms. The molecule has 136 valence electrons. The molecule has 3 N–H and O–H groups in total. The highest BCUT2D eigenvalue weighted by molar-refractivity contribution is 6.35. The Morgan fingerprint density at radius 1 is 1.23 bits per heavy atom. The first-order chi connectivity index (χ1) is 12.5. The maximum atomic E-state index is 12.5. The van der Waals surface area contributed by atoms with Gasteiger partial charge >= 0.3 is 0 Å². The number of para-hydroxylation sites is 1. The summed E-state index contributed by atoms with van der Waals surface area (Å²) in [4.78, 5) is 12.5. The third kappa shape index (κ3) is 3.81. The number of hydrogen-bond donors (Lipinski definition) is 3. The zero-order chi connectivity index (χ0) is 18.7. The fourth-order valence-electron chi connectivity index (χ4n) is 2.79. The number of ether oxygens (including phenoxy) is 1. The van der Waals surface area contributed by atoms with Crippen LogP contribution in [0.15, 0.2) is 42.5 Å². The average molecular weight is 373 g/mol. The molecule has 0 radical (unpaired) electrons. The minimum atomic E-state index is -0.415. The minimum Gasteiger partial charge on any atom is -0.497 e. The van der Waals surface area contributed by atoms with Gasteiger partial charge in [0.05, 0.1) is 23.7 Å². The lowest BCUT2D eigenvalue weighted by Crippen LogP contribution is -2.39. The van der Waals surface area contributed by atoms with Crippen LogP contribution in [0.3, 0.4) is 0 Å². The molecule has 2 atom stereocenters. The van der Waals surface area contributed by atoms with E-state index in [-0.39, 0.29) is 11.9 Å². The number of amides is 1. The lowest BCUT2D eigenvalue weighted by atomic mass is 10.1. The van der Waals surface area contributed by atoms with Crippen LogP contribution in [-0.4, -0.2) is 29.3 Å². The highest BCUT2D eigenvalue weighted by atomic mass is 35.5. The van der Waals surface area contributed by atoms with Gasteiger partial charge in [-0.2, -0.15) is 5.10 Å². The number of nitrogens with zero attached hydrogens (tertiary/aromatic N) is 1. The van der Waals surface area contributed by atoms with Gasteiger partial charge in [-0.15, -0.1) is 0 Å². The Balaban J connectivity index is 1.68. The summed E-state index contributed by atoms with van der Waals surface area (Å²) in [5.41, 5.74) is 1.75. The summed E-state index contributed by atoms with van der Waals surface area (Å²) >= 11 is 6.12. The van der Waals surface area contributed by atoms with Crippen LogP contribution in [-0.2, 0) is 4.79 Å². The number of hydrogen-bond acceptors (Lipinski definition) is 4. The number of H-pyrrole nitrogens is 1. The summed E-state index contributed by atoms with van der Waals surface area (Å²) in [5, 5.41) is 14.5. The van der Waals surface area contributed by atoms with Gasteiger partial charge in [0, 0.05) is 11.4 Å². The number of anilines is 1. The Hall–Kier alpha value is -2.57. The summed E-state index contributed by atoms with van der Waals surface area (Å²) in [7, 11) is 1.63. The molecule has 0 bridgehead atoms. The number of benzene rings is 2. The Kier molecular flexibility index (Phi) is 5.44. The fourth-order valence-corrected chi connectivity index (χ4v) is 3.00. The van der Waals surface area contributed by atoms with E-state index in [1.165, 1.54) is 0 Å². The molecule has 0 aliphatic carbocycles. The molecular formula is C19H21ClN4O2. The van der Waals surface area contributed by atoms with Crippen molar-refractivity contribution >= 4 is 34.2 Å². The van der Waals surface area contributed by atoms with Crippen molar-refractivity contribution in [2.75, 3.05) is 12.4 Å². The number of aromatic nitrogens is 2. The molecule has 6 nitrogen and oxygen atoms in total. The maximum Gasteiger partial charge on any atom is 0.242 e. The number of nitrogens with one attached hydrogen (secondary N) is 3. The fraction of sp³-hybridized carbons (Fsp3) is 0.263. The topological polar surface area (TPSA) is 79.0 Å². The Morgan fingerprint density at radius 2 is 2.00 bits per heavy atom. The minimum absolute atomic E-state index is 0.0174. The second-order valence-electron chi connectivity index (χ2n) is 6.11. The summed E-state index contributed by atoms with van der Waals surface area (Å²) in [6.07, 6.45) is 0. The SMILES string of the molecule is COc1cccc([C@H](C)N[C@H](C)C(=O)Nc2n[nH]c3c(Cl)cccc23)c1. The Bertz CT molecular complexity index is 925. The molecule has 7 heteroatoms. The van der Waals surface area contributed by atoms with E-state index in [4.69, 9.17) is 16.3 Å². The molecule has 0 fully saturated rings. The zero-order valence-electron chi connectivity index (χ0n) is 14.8. The van der Waals surface area contributed by atoms with Crippen LogP contribution < -0.4 is 15.4 Å². The average Bonchev–Trinajstić information content (AvgIpc) is 3.06. The first-order valence-electron chi connectivity index (χ1n) is 8.33. The predicted molar refractivity (Wildman–Crippen MR) is 104 cm³/mol. The predicted octanol–water partition coefficient (Wildman–Crippen LogP) is 3.90. The summed E-state index contributed by atoms with van der Waals surface area (Å²) in [6.45, 7) is 3.82. The van der Waals surface area contributed by atoms with Gasteiger partial charge in [-0.05, 0) is 43.7 Å². The van der Waals surface area contributed by atoms with Crippen molar-refractivity contribution in [3.63, 3.8) is 0 Å². The number of carbonyl (C=O) groups excluding carboxylic acids is 1. The monoisotopic (exact) mass is 372 g/mol. The van der Waals surface area contributed by atoms with Crippen LogP contribution in [0.2, 0.25) is 5.02 Å². The summed E-state index contributed by atoms with van der Waals surface area (Å²) < 4.78 is 5.25. The largest absolute Gasteiger partial charge is 0.497 e. The lowest BCUT2D eigenvalue weighted by molar-refractivity contribution is -0.118. The summed E-state index contributed by atoms with van der Waals surface area (Å²) in [5.74, 6) is 1.08. The number of rotatable bonds is 6. The molecule has 0 spiro atoms. The molecule has 1 heterocycles. The highest BCUT2D eigenvalue weighted by Crippen LogP contribution is 2.26. The quantitative estimate of drug-likeness (QED) is 0.613. The second-order valence-corrected chi connectivity index (χ2v) is 6.52. The van der Waals surface area contributed by atoms with Crippen LogP contribution in [0.4, 0.5) is 5.82 Å². The molecular weight excluding hydrogens is 352 g/mol. The molecule has 1 aromatic heterocycles. The molecule has 0 unspecified atom stereocenters. The van der Waals surface area contributed by atoms with Crippen molar-refractivity contribution < 1.29 is 9.53 Å². The Morgan fingerprint density at radius 3 is 2.77 bits per heavy atom. The van der Waals surface area contributed by atoms with E-state index in [1.54, 1.807) is 13.2 Å². The van der Waals surface area contributed by atoms with E-state index < -0.39 is 6.04 Å². The number of halogens is 1. The lowest BCUT2D eigenvalue weighted by Gasteiger charge is -2.20. The second kappa shape index (κ2) is 7.76. The third-order valence-corrected chi connectivity index (χ3v) is 4.59. The van der Waals surface area contributed by atoms with Gasteiger partial charge in [-0.1, -0.05) is 29.8 Å². The number of aromatic amines is 1. The van der Waals surface area contributed by atoms with E-state index >= 15 is 0 Å². The van der Waals surface area contributed by atoms with E-state index in [0.717, 1.165) is 16.7 Å². The molecule has 0 saturated carbocycles. The number of carbonyl (C=O) groups is 1. The normalized spacial score (nSPS) is 13.4. The third-order valence-electron chi connectivity index (χ3n) is 4.28. The molecule has 3 aromatic rings. The zero-order valence-corrected chi connectivity index (χ0v) is 15.6. The van der Waals surface area contributed by atoms with E-state index in [9.17, 15) is 4.79 Å². The van der Waals surface area contributed by atoms with Gasteiger partial charge in [0.2, 0.25) is 5.91 Å². The number of methoxy groups -OCH3 is 1. The first kappa shape index (κ1) is 18.2. The first-order valence-corrected chi connectivity index (χ1v) is 8.71. The van der Waals surface area contributed by atoms with Gasteiger partial charge in [0.15, 0.2) is 5.82 Å². The molecule has 0 saturated heterocycles. The van der Waals surface area contributed by atoms with Gasteiger partial charge < -0.3 is 10.1 Å². The van der Waals surface area contributed by atoms with Crippen LogP contribution >= 0.6 is 11.6 Å². The summed E-state index contributed by atoms with van der Waals surface area (Å²) in [6, 6.07) is 12.8. The van der Waals surface area contributed by atoms with Gasteiger partial charge in [0.25, 0.3) is 0 Å². The molecule has 0 aliphatic heterocycles. The van der Waals surface area contributed by atoms with E-state index in [1.807, 2.05) is 50.2 Å². The van der Waals surface area contributed by atoms with Crippen LogP contribution in [0.5, 0.6) is 5.75 Å². The smallest absolute Gasteiger partial charge is 0.242 e. The molecule has 2 aromatic carbocycles. The van der Waals surface area contributed by atoms with Crippen molar-refractivity contribution in [2.45, 2.75) is 25.9 Å². The van der Waals surface area contributed by atoms with E-state index in [0.29, 0.717) is 16.4 Å². The van der Waals surface area contributed by atoms with Crippen molar-refractivity contribution in [2.24, 2.45) is 0 Å². The van der Waals surface area contributed by atoms with Gasteiger partial charge in [-0.3, -0.25) is 15.2 Å². The van der Waals surface area contributed by atoms with Crippen LogP contribution in [0, 0.1) is 0 Å². The van der Waals surface area contributed by atoms with Crippen molar-refractivity contribution in [3.8, 4) is 5.75 Å². The van der Waals surface area contributed by atoms with Crippen LogP contribution in [0.1, 0.15) is 25.5 Å². The Labute approximate surface area is 156 Å². The van der Waals surface area contributed by atoms with Crippen LogP contribution in [0.25, 0.3) is 10.9 Å². The van der Waals surface area contributed by atoms with Gasteiger partial charge in [-0.25, -0.2) is 0 Å². The highest BCUT2D eigenvalue weighted by Gasteiger charge is 2.19.